The second kappa shape index (κ2) is 3.42. The minimum atomic E-state index is -0.357. The molecule has 3 heteroatoms. The van der Waals surface area contributed by atoms with Gasteiger partial charge >= 0.3 is 0 Å². The summed E-state index contributed by atoms with van der Waals surface area (Å²) in [4.78, 5) is 0. The molecule has 56 valence electrons. The van der Waals surface area contributed by atoms with Crippen LogP contribution in [0.5, 0.6) is 5.75 Å². The van der Waals surface area contributed by atoms with E-state index in [1.54, 1.807) is 12.1 Å². The lowest BCUT2D eigenvalue weighted by molar-refractivity contribution is 0.386. The lowest BCUT2D eigenvalue weighted by Gasteiger charge is -2.02. The van der Waals surface area contributed by atoms with E-state index in [-0.39, 0.29) is 11.6 Å². The fourth-order valence-electron chi connectivity index (χ4n) is 0.831. The molecule has 0 aliphatic carbocycles. The van der Waals surface area contributed by atoms with Crippen molar-refractivity contribution in [3.8, 4) is 5.75 Å². The molecule has 0 fully saturated rings. The van der Waals surface area contributed by atoms with Crippen LogP contribution in [-0.2, 0) is 6.32 Å². The van der Waals surface area contributed by atoms with E-state index < -0.39 is 0 Å². The Balaban J connectivity index is 3.02. The summed E-state index contributed by atoms with van der Waals surface area (Å²) in [6.07, 6.45) is 0.399. The van der Waals surface area contributed by atoms with Gasteiger partial charge in [-0.2, -0.15) is 0 Å². The topological polar surface area (TPSA) is 9.23 Å². The van der Waals surface area contributed by atoms with Gasteiger partial charge in [0.2, 0.25) is 0 Å². The highest BCUT2D eigenvalue weighted by Gasteiger charge is 2.00. The van der Waals surface area contributed by atoms with Crippen molar-refractivity contribution < 1.29 is 9.13 Å². The fourth-order valence-corrected chi connectivity index (χ4v) is 0.831. The number of hydrogen-bond acceptors (Lipinski definition) is 1. The first-order chi connectivity index (χ1) is 5.27. The Morgan fingerprint density at radius 3 is 2.82 bits per heavy atom. The normalized spacial score (nSPS) is 9.64. The number of rotatable bonds is 2. The predicted octanol–water partition coefficient (Wildman–Crippen LogP) is 1.50. The summed E-state index contributed by atoms with van der Waals surface area (Å²) < 4.78 is 17.5. The summed E-state index contributed by atoms with van der Waals surface area (Å²) in [5, 5.41) is 0. The van der Waals surface area contributed by atoms with E-state index >= 15 is 0 Å². The Labute approximate surface area is 66.6 Å². The minimum absolute atomic E-state index is 0.243. The van der Waals surface area contributed by atoms with Crippen LogP contribution in [0.15, 0.2) is 18.2 Å². The molecule has 0 saturated carbocycles. The van der Waals surface area contributed by atoms with Crippen LogP contribution in [0.1, 0.15) is 5.56 Å². The second-order valence-corrected chi connectivity index (χ2v) is 2.17. The van der Waals surface area contributed by atoms with E-state index in [1.807, 2.05) is 0 Å². The molecule has 1 aromatic carbocycles. The predicted molar refractivity (Wildman–Crippen MR) is 42.4 cm³/mol. The molecule has 11 heavy (non-hydrogen) atoms. The van der Waals surface area contributed by atoms with Gasteiger partial charge in [-0.05, 0) is 12.1 Å². The number of methoxy groups -OCH3 is 1. The lowest BCUT2D eigenvalue weighted by atomic mass is 9.97. The Morgan fingerprint density at radius 2 is 2.27 bits per heavy atom. The molecule has 0 saturated heterocycles. The number of benzene rings is 1. The van der Waals surface area contributed by atoms with E-state index in [1.165, 1.54) is 13.2 Å². The van der Waals surface area contributed by atoms with Gasteiger partial charge < -0.3 is 4.74 Å². The SMILES string of the molecule is [B]Cc1ccc(F)c(OC)c1. The Hall–Kier alpha value is -0.985. The van der Waals surface area contributed by atoms with Crippen LogP contribution < -0.4 is 4.74 Å². The molecule has 1 aromatic rings. The van der Waals surface area contributed by atoms with Crippen LogP contribution in [0.25, 0.3) is 0 Å². The van der Waals surface area contributed by atoms with Gasteiger partial charge in [-0.25, -0.2) is 4.39 Å². The van der Waals surface area contributed by atoms with Gasteiger partial charge in [0.15, 0.2) is 11.6 Å². The second-order valence-electron chi connectivity index (χ2n) is 2.17. The van der Waals surface area contributed by atoms with Gasteiger partial charge in [-0.15, -0.1) is 0 Å². The van der Waals surface area contributed by atoms with Crippen LogP contribution in [-0.4, -0.2) is 15.0 Å². The molecule has 0 amide bonds. The maximum atomic E-state index is 12.7. The van der Waals surface area contributed by atoms with E-state index in [4.69, 9.17) is 12.6 Å². The quantitative estimate of drug-likeness (QED) is 0.580. The third-order valence-corrected chi connectivity index (χ3v) is 1.45. The average molecular weight is 150 g/mol. The maximum absolute atomic E-state index is 12.7. The number of ether oxygens (including phenoxy) is 1. The summed E-state index contributed by atoms with van der Waals surface area (Å²) in [7, 11) is 6.77. The number of halogens is 1. The summed E-state index contributed by atoms with van der Waals surface area (Å²) in [5.74, 6) is -0.113. The van der Waals surface area contributed by atoms with Gasteiger partial charge in [-0.1, -0.05) is 17.9 Å². The zero-order valence-corrected chi connectivity index (χ0v) is 6.30. The van der Waals surface area contributed by atoms with Crippen molar-refractivity contribution in [3.05, 3.63) is 29.6 Å². The largest absolute Gasteiger partial charge is 0.494 e. The van der Waals surface area contributed by atoms with Crippen molar-refractivity contribution in [2.45, 2.75) is 6.32 Å². The van der Waals surface area contributed by atoms with E-state index in [0.29, 0.717) is 6.32 Å². The van der Waals surface area contributed by atoms with Crippen molar-refractivity contribution >= 4 is 7.85 Å². The first-order valence-electron chi connectivity index (χ1n) is 3.30. The highest BCUT2D eigenvalue weighted by molar-refractivity contribution is 6.08. The van der Waals surface area contributed by atoms with Gasteiger partial charge in [-0.3, -0.25) is 0 Å². The Kier molecular flexibility index (Phi) is 2.52. The third kappa shape index (κ3) is 1.73. The van der Waals surface area contributed by atoms with E-state index in [0.717, 1.165) is 5.56 Å². The zero-order valence-electron chi connectivity index (χ0n) is 6.30. The highest BCUT2D eigenvalue weighted by atomic mass is 19.1. The fraction of sp³-hybridized carbons (Fsp3) is 0.250. The molecule has 0 unspecified atom stereocenters. The third-order valence-electron chi connectivity index (χ3n) is 1.45. The summed E-state index contributed by atoms with van der Waals surface area (Å²) >= 11 is 0. The zero-order chi connectivity index (χ0) is 8.27. The summed E-state index contributed by atoms with van der Waals surface area (Å²) in [5.41, 5.74) is 0.864. The van der Waals surface area contributed by atoms with Crippen molar-refractivity contribution in [2.75, 3.05) is 7.11 Å². The first-order valence-corrected chi connectivity index (χ1v) is 3.30. The molecule has 0 spiro atoms. The van der Waals surface area contributed by atoms with Crippen LogP contribution in [0.2, 0.25) is 0 Å². The lowest BCUT2D eigenvalue weighted by Crippen LogP contribution is -1.90. The average Bonchev–Trinajstić information content (AvgIpc) is 2.05. The number of hydrogen-bond donors (Lipinski definition) is 0. The van der Waals surface area contributed by atoms with Crippen LogP contribution in [0, 0.1) is 5.82 Å². The first kappa shape index (κ1) is 8.11. The molecule has 1 nitrogen and oxygen atoms in total. The monoisotopic (exact) mass is 150 g/mol. The molecule has 0 aliphatic rings. The van der Waals surface area contributed by atoms with Gasteiger partial charge in [0.1, 0.15) is 0 Å². The molecular weight excluding hydrogens is 142 g/mol. The van der Waals surface area contributed by atoms with E-state index in [9.17, 15) is 4.39 Å². The van der Waals surface area contributed by atoms with Crippen LogP contribution in [0.3, 0.4) is 0 Å². The molecule has 0 aliphatic heterocycles. The van der Waals surface area contributed by atoms with Crippen molar-refractivity contribution in [2.24, 2.45) is 0 Å². The van der Waals surface area contributed by atoms with Crippen molar-refractivity contribution in [3.63, 3.8) is 0 Å². The Morgan fingerprint density at radius 1 is 1.55 bits per heavy atom. The summed E-state index contributed by atoms with van der Waals surface area (Å²) in [6.45, 7) is 0. The minimum Gasteiger partial charge on any atom is -0.494 e. The van der Waals surface area contributed by atoms with Gasteiger partial charge in [0, 0.05) is 0 Å². The van der Waals surface area contributed by atoms with Gasteiger partial charge in [0.25, 0.3) is 0 Å². The van der Waals surface area contributed by atoms with Crippen molar-refractivity contribution in [1.29, 1.82) is 0 Å². The smallest absolute Gasteiger partial charge is 0.165 e. The maximum Gasteiger partial charge on any atom is 0.165 e. The molecular formula is C8H8BFO. The van der Waals surface area contributed by atoms with Crippen LogP contribution in [0.4, 0.5) is 4.39 Å². The molecule has 0 heterocycles. The standard InChI is InChI=1S/C8H8BFO/c1-11-8-4-6(5-9)2-3-7(8)10/h2-4H,5H2,1H3. The molecule has 0 aromatic heterocycles. The summed E-state index contributed by atoms with van der Waals surface area (Å²) in [6, 6.07) is 4.58. The van der Waals surface area contributed by atoms with Crippen molar-refractivity contribution in [1.82, 2.24) is 0 Å². The Bertz CT molecular complexity index is 250. The highest BCUT2D eigenvalue weighted by Crippen LogP contribution is 2.17. The molecule has 0 N–H and O–H groups in total. The molecule has 0 bridgehead atoms. The van der Waals surface area contributed by atoms with Gasteiger partial charge in [0.05, 0.1) is 15.0 Å². The molecule has 0 atom stereocenters. The molecule has 2 radical (unpaired) electrons. The van der Waals surface area contributed by atoms with Crippen LogP contribution >= 0.6 is 0 Å². The molecule has 1 rings (SSSR count). The van der Waals surface area contributed by atoms with E-state index in [2.05, 4.69) is 0 Å².